The second-order valence-corrected chi connectivity index (χ2v) is 7.10. The van der Waals surface area contributed by atoms with E-state index in [1.165, 1.54) is 29.2 Å². The van der Waals surface area contributed by atoms with Crippen LogP contribution in [-0.2, 0) is 27.8 Å². The topological polar surface area (TPSA) is 66.5 Å². The number of sulfonamides is 1. The van der Waals surface area contributed by atoms with Crippen molar-refractivity contribution in [3.05, 3.63) is 59.4 Å². The monoisotopic (exact) mass is 334 g/mol. The lowest BCUT2D eigenvalue weighted by Gasteiger charge is -2.11. The van der Waals surface area contributed by atoms with E-state index in [9.17, 15) is 17.6 Å². The van der Waals surface area contributed by atoms with Crippen molar-refractivity contribution >= 4 is 21.6 Å². The largest absolute Gasteiger partial charge is 0.315 e. The lowest BCUT2D eigenvalue weighted by molar-refractivity contribution is -0.117. The van der Waals surface area contributed by atoms with Crippen LogP contribution in [0, 0.1) is 5.82 Å². The fourth-order valence-corrected chi connectivity index (χ4v) is 3.57. The fourth-order valence-electron chi connectivity index (χ4n) is 2.51. The zero-order chi connectivity index (χ0) is 16.6. The van der Waals surface area contributed by atoms with Crippen molar-refractivity contribution in [1.82, 2.24) is 4.72 Å². The molecule has 1 N–H and O–H groups in total. The second-order valence-electron chi connectivity index (χ2n) is 5.34. The third-order valence-corrected chi connectivity index (χ3v) is 5.25. The van der Waals surface area contributed by atoms with Gasteiger partial charge in [-0.15, -0.1) is 0 Å². The average Bonchev–Trinajstić information content (AvgIpc) is 2.81. The molecule has 0 aromatic heterocycles. The van der Waals surface area contributed by atoms with Crippen LogP contribution in [0.5, 0.6) is 0 Å². The molecule has 7 heteroatoms. The highest BCUT2D eigenvalue weighted by atomic mass is 32.2. The van der Waals surface area contributed by atoms with E-state index < -0.39 is 15.8 Å². The van der Waals surface area contributed by atoms with E-state index in [1.807, 2.05) is 0 Å². The molecule has 1 heterocycles. The molecule has 0 saturated heterocycles. The van der Waals surface area contributed by atoms with Gasteiger partial charge in [-0.25, -0.2) is 17.5 Å². The van der Waals surface area contributed by atoms with Crippen molar-refractivity contribution in [2.24, 2.45) is 0 Å². The van der Waals surface area contributed by atoms with E-state index in [0.29, 0.717) is 11.3 Å². The molecule has 0 spiro atoms. The Bertz CT molecular complexity index is 881. The summed E-state index contributed by atoms with van der Waals surface area (Å²) in [5.74, 6) is -0.537. The molecule has 2 aromatic rings. The van der Waals surface area contributed by atoms with Crippen LogP contribution in [0.3, 0.4) is 0 Å². The van der Waals surface area contributed by atoms with Crippen LogP contribution in [0.4, 0.5) is 10.1 Å². The summed E-state index contributed by atoms with van der Waals surface area (Å²) in [6.45, 7) is -0.134. The van der Waals surface area contributed by atoms with Crippen LogP contribution in [0.2, 0.25) is 0 Å². The molecule has 2 aromatic carbocycles. The Kier molecular flexibility index (Phi) is 3.91. The number of amides is 1. The number of carbonyl (C=O) groups excluding carboxylic acids is 1. The molecule has 0 unspecified atom stereocenters. The highest BCUT2D eigenvalue weighted by Crippen LogP contribution is 2.29. The molecular weight excluding hydrogens is 319 g/mol. The summed E-state index contributed by atoms with van der Waals surface area (Å²) in [4.78, 5) is 13.2. The van der Waals surface area contributed by atoms with Crippen LogP contribution < -0.4 is 9.62 Å². The molecular formula is C16H15FN2O3S. The maximum absolute atomic E-state index is 13.6. The summed E-state index contributed by atoms with van der Waals surface area (Å²) >= 11 is 0. The molecule has 0 radical (unpaired) electrons. The van der Waals surface area contributed by atoms with Crippen LogP contribution in [-0.4, -0.2) is 21.4 Å². The predicted molar refractivity (Wildman–Crippen MR) is 84.0 cm³/mol. The van der Waals surface area contributed by atoms with Gasteiger partial charge < -0.3 is 4.90 Å². The van der Waals surface area contributed by atoms with Crippen molar-refractivity contribution in [1.29, 1.82) is 0 Å². The molecule has 1 amide bonds. The van der Waals surface area contributed by atoms with Crippen molar-refractivity contribution in [3.63, 3.8) is 0 Å². The van der Waals surface area contributed by atoms with Crippen LogP contribution in [0.15, 0.2) is 47.4 Å². The van der Waals surface area contributed by atoms with Crippen molar-refractivity contribution < 1.29 is 17.6 Å². The minimum absolute atomic E-state index is 0.0655. The first-order valence-electron chi connectivity index (χ1n) is 7.01. The number of carbonyl (C=O) groups is 1. The first-order valence-corrected chi connectivity index (χ1v) is 8.49. The van der Waals surface area contributed by atoms with Gasteiger partial charge >= 0.3 is 0 Å². The third-order valence-electron chi connectivity index (χ3n) is 3.85. The molecule has 1 aliphatic heterocycles. The van der Waals surface area contributed by atoms with Gasteiger partial charge in [-0.3, -0.25) is 4.79 Å². The van der Waals surface area contributed by atoms with E-state index in [-0.39, 0.29) is 29.3 Å². The number of hydrogen-bond acceptors (Lipinski definition) is 3. The highest BCUT2D eigenvalue weighted by Gasteiger charge is 2.26. The number of benzene rings is 2. The lowest BCUT2D eigenvalue weighted by atomic mass is 10.2. The molecule has 23 heavy (non-hydrogen) atoms. The predicted octanol–water partition coefficient (Wildman–Crippen LogP) is 1.82. The number of nitrogens with zero attached hydrogens (tertiary/aromatic N) is 1. The summed E-state index contributed by atoms with van der Waals surface area (Å²) in [7, 11) is -2.13. The van der Waals surface area contributed by atoms with Crippen LogP contribution >= 0.6 is 0 Å². The number of fused-ring (bicyclic) bond motifs is 1. The van der Waals surface area contributed by atoms with E-state index in [2.05, 4.69) is 4.72 Å². The lowest BCUT2D eigenvalue weighted by Crippen LogP contribution is -2.24. The average molecular weight is 334 g/mol. The maximum atomic E-state index is 13.6. The molecule has 1 aliphatic rings. The Labute approximate surface area is 133 Å². The van der Waals surface area contributed by atoms with Gasteiger partial charge in [0.15, 0.2) is 0 Å². The smallest absolute Gasteiger partial charge is 0.240 e. The third kappa shape index (κ3) is 2.97. The van der Waals surface area contributed by atoms with Gasteiger partial charge in [-0.05, 0) is 29.8 Å². The number of likely N-dealkylation sites (N-methyl/N-ethyl adjacent to an activating group) is 1. The normalized spacial score (nSPS) is 14.2. The van der Waals surface area contributed by atoms with Gasteiger partial charge in [0.2, 0.25) is 15.9 Å². The zero-order valence-electron chi connectivity index (χ0n) is 12.4. The summed E-state index contributed by atoms with van der Waals surface area (Å²) in [5, 5.41) is 0. The highest BCUT2D eigenvalue weighted by molar-refractivity contribution is 7.89. The number of halogens is 1. The fraction of sp³-hybridized carbons (Fsp3) is 0.188. The standard InChI is InChI=1S/C16H15FN2O3S/c1-19-15-7-6-13(8-12(15)9-16(19)20)23(21,22)18-10-11-4-2-3-5-14(11)17/h2-8,18H,9-10H2,1H3. The molecule has 0 atom stereocenters. The van der Waals surface area contributed by atoms with E-state index in [1.54, 1.807) is 25.2 Å². The van der Waals surface area contributed by atoms with Crippen LogP contribution in [0.1, 0.15) is 11.1 Å². The van der Waals surface area contributed by atoms with E-state index >= 15 is 0 Å². The Balaban J connectivity index is 1.83. The first-order chi connectivity index (χ1) is 10.9. The summed E-state index contributed by atoms with van der Waals surface area (Å²) in [5.41, 5.74) is 1.65. The van der Waals surface area contributed by atoms with Gasteiger partial charge in [0, 0.05) is 24.8 Å². The molecule has 0 bridgehead atoms. The number of hydrogen-bond donors (Lipinski definition) is 1. The molecule has 120 valence electrons. The molecule has 0 saturated carbocycles. The Morgan fingerprint density at radius 2 is 1.96 bits per heavy atom. The molecule has 5 nitrogen and oxygen atoms in total. The number of anilines is 1. The van der Waals surface area contributed by atoms with Gasteiger partial charge in [0.05, 0.1) is 11.3 Å². The van der Waals surface area contributed by atoms with Crippen LogP contribution in [0.25, 0.3) is 0 Å². The van der Waals surface area contributed by atoms with Gasteiger partial charge in [0.1, 0.15) is 5.82 Å². The van der Waals surface area contributed by atoms with Crippen molar-refractivity contribution in [2.45, 2.75) is 17.9 Å². The summed E-state index contributed by atoms with van der Waals surface area (Å²) in [6, 6.07) is 10.5. The molecule has 0 aliphatic carbocycles. The van der Waals surface area contributed by atoms with Crippen molar-refractivity contribution in [3.8, 4) is 0 Å². The number of nitrogens with one attached hydrogen (secondary N) is 1. The maximum Gasteiger partial charge on any atom is 0.240 e. The van der Waals surface area contributed by atoms with Gasteiger partial charge in [0.25, 0.3) is 0 Å². The Morgan fingerprint density at radius 3 is 2.70 bits per heavy atom. The van der Waals surface area contributed by atoms with Gasteiger partial charge in [-0.1, -0.05) is 18.2 Å². The quantitative estimate of drug-likeness (QED) is 0.927. The van der Waals surface area contributed by atoms with Crippen molar-refractivity contribution in [2.75, 3.05) is 11.9 Å². The summed E-state index contributed by atoms with van der Waals surface area (Å²) < 4.78 is 40.6. The van der Waals surface area contributed by atoms with E-state index in [0.717, 1.165) is 0 Å². The Hall–Kier alpha value is -2.25. The Morgan fingerprint density at radius 1 is 1.22 bits per heavy atom. The SMILES string of the molecule is CN1C(=O)Cc2cc(S(=O)(=O)NCc3ccccc3F)ccc21. The zero-order valence-corrected chi connectivity index (χ0v) is 13.2. The summed E-state index contributed by atoms with van der Waals surface area (Å²) in [6.07, 6.45) is 0.183. The van der Waals surface area contributed by atoms with Gasteiger partial charge in [-0.2, -0.15) is 0 Å². The number of rotatable bonds is 4. The van der Waals surface area contributed by atoms with E-state index in [4.69, 9.17) is 0 Å². The molecule has 3 rings (SSSR count). The second kappa shape index (κ2) is 5.75. The minimum atomic E-state index is -3.78. The first kappa shape index (κ1) is 15.6. The minimum Gasteiger partial charge on any atom is -0.315 e. The molecule has 0 fully saturated rings.